The van der Waals surface area contributed by atoms with Crippen LogP contribution < -0.4 is 0 Å². The average Bonchev–Trinajstić information content (AvgIpc) is 1.89. The molecule has 0 aliphatic rings. The summed E-state index contributed by atoms with van der Waals surface area (Å²) >= 11 is 0. The lowest BCUT2D eigenvalue weighted by Crippen LogP contribution is -2.22. The standard InChI is InChI=1S/C7H14O2/c1-4-7(2,5-8)6-9-3/h5H,4,6H2,1-3H3. The highest BCUT2D eigenvalue weighted by molar-refractivity contribution is 5.58. The summed E-state index contributed by atoms with van der Waals surface area (Å²) in [5, 5.41) is 0. The summed E-state index contributed by atoms with van der Waals surface area (Å²) in [5.74, 6) is 0. The molecule has 1 atom stereocenters. The number of hydrogen-bond acceptors (Lipinski definition) is 2. The number of carbonyl (C=O) groups is 1. The molecule has 0 amide bonds. The molecule has 0 aliphatic heterocycles. The van der Waals surface area contributed by atoms with E-state index in [0.29, 0.717) is 6.61 Å². The van der Waals surface area contributed by atoms with Crippen LogP contribution in [0.1, 0.15) is 20.3 Å². The van der Waals surface area contributed by atoms with E-state index in [2.05, 4.69) is 0 Å². The van der Waals surface area contributed by atoms with Gasteiger partial charge < -0.3 is 9.53 Å². The number of rotatable bonds is 4. The topological polar surface area (TPSA) is 26.3 Å². The predicted octanol–water partition coefficient (Wildman–Crippen LogP) is 1.25. The molecule has 1 unspecified atom stereocenters. The molecule has 0 fully saturated rings. The molecular formula is C7H14O2. The van der Waals surface area contributed by atoms with Crippen molar-refractivity contribution in [3.05, 3.63) is 0 Å². The molecule has 0 N–H and O–H groups in total. The highest BCUT2D eigenvalue weighted by Crippen LogP contribution is 2.16. The molecule has 9 heavy (non-hydrogen) atoms. The van der Waals surface area contributed by atoms with Crippen LogP contribution in [0.5, 0.6) is 0 Å². The first-order valence-corrected chi connectivity index (χ1v) is 3.14. The van der Waals surface area contributed by atoms with Crippen molar-refractivity contribution in [2.24, 2.45) is 5.41 Å². The third-order valence-electron chi connectivity index (χ3n) is 1.57. The normalized spacial score (nSPS) is 16.8. The van der Waals surface area contributed by atoms with Crippen LogP contribution in [0.2, 0.25) is 0 Å². The summed E-state index contributed by atoms with van der Waals surface area (Å²) in [7, 11) is 1.61. The third kappa shape index (κ3) is 2.61. The van der Waals surface area contributed by atoms with Gasteiger partial charge in [0.05, 0.1) is 6.61 Å². The van der Waals surface area contributed by atoms with Gasteiger partial charge in [-0.25, -0.2) is 0 Å². The molecule has 0 heterocycles. The Morgan fingerprint density at radius 2 is 2.22 bits per heavy atom. The van der Waals surface area contributed by atoms with Crippen LogP contribution in [0.3, 0.4) is 0 Å². The molecule has 0 bridgehead atoms. The molecule has 0 spiro atoms. The number of methoxy groups -OCH3 is 1. The van der Waals surface area contributed by atoms with E-state index in [-0.39, 0.29) is 5.41 Å². The van der Waals surface area contributed by atoms with Crippen LogP contribution in [0.4, 0.5) is 0 Å². The summed E-state index contributed by atoms with van der Waals surface area (Å²) in [5.41, 5.74) is -0.269. The van der Waals surface area contributed by atoms with Gasteiger partial charge >= 0.3 is 0 Å². The quantitative estimate of drug-likeness (QED) is 0.535. The van der Waals surface area contributed by atoms with Gasteiger partial charge in [0.2, 0.25) is 0 Å². The van der Waals surface area contributed by atoms with Gasteiger partial charge in [0.1, 0.15) is 6.29 Å². The summed E-state index contributed by atoms with van der Waals surface area (Å²) in [6, 6.07) is 0. The number of hydrogen-bond donors (Lipinski definition) is 0. The van der Waals surface area contributed by atoms with Crippen molar-refractivity contribution in [1.82, 2.24) is 0 Å². The van der Waals surface area contributed by atoms with Crippen LogP contribution in [-0.4, -0.2) is 20.0 Å². The maximum absolute atomic E-state index is 10.4. The summed E-state index contributed by atoms with van der Waals surface area (Å²) in [6.07, 6.45) is 1.79. The molecule has 0 aromatic heterocycles. The molecule has 0 saturated carbocycles. The minimum Gasteiger partial charge on any atom is -0.384 e. The second kappa shape index (κ2) is 3.62. The van der Waals surface area contributed by atoms with Gasteiger partial charge in [0.15, 0.2) is 0 Å². The first kappa shape index (κ1) is 8.63. The Morgan fingerprint density at radius 3 is 2.33 bits per heavy atom. The summed E-state index contributed by atoms with van der Waals surface area (Å²) in [6.45, 7) is 4.39. The van der Waals surface area contributed by atoms with Crippen LogP contribution in [0, 0.1) is 5.41 Å². The van der Waals surface area contributed by atoms with Crippen LogP contribution in [0.25, 0.3) is 0 Å². The smallest absolute Gasteiger partial charge is 0.128 e. The van der Waals surface area contributed by atoms with Crippen molar-refractivity contribution >= 4 is 6.29 Å². The number of ether oxygens (including phenoxy) is 1. The molecule has 0 aromatic rings. The zero-order valence-corrected chi connectivity index (χ0v) is 6.31. The van der Waals surface area contributed by atoms with E-state index >= 15 is 0 Å². The lowest BCUT2D eigenvalue weighted by atomic mass is 9.91. The highest BCUT2D eigenvalue weighted by Gasteiger charge is 2.19. The predicted molar refractivity (Wildman–Crippen MR) is 36.3 cm³/mol. The third-order valence-corrected chi connectivity index (χ3v) is 1.57. The Hall–Kier alpha value is -0.370. The van der Waals surface area contributed by atoms with Gasteiger partial charge in [-0.15, -0.1) is 0 Å². The van der Waals surface area contributed by atoms with E-state index in [1.54, 1.807) is 7.11 Å². The SMILES string of the molecule is CCC(C)(C=O)COC. The Labute approximate surface area is 56.2 Å². The van der Waals surface area contributed by atoms with Gasteiger partial charge in [-0.1, -0.05) is 13.8 Å². The second-order valence-corrected chi connectivity index (χ2v) is 2.56. The molecule has 0 aliphatic carbocycles. The fourth-order valence-electron chi connectivity index (χ4n) is 0.549. The zero-order chi connectivity index (χ0) is 7.33. The largest absolute Gasteiger partial charge is 0.384 e. The van der Waals surface area contributed by atoms with Gasteiger partial charge in [0, 0.05) is 12.5 Å². The van der Waals surface area contributed by atoms with E-state index < -0.39 is 0 Å². The van der Waals surface area contributed by atoms with Gasteiger partial charge in [-0.3, -0.25) is 0 Å². The van der Waals surface area contributed by atoms with E-state index in [1.807, 2.05) is 13.8 Å². The van der Waals surface area contributed by atoms with Crippen molar-refractivity contribution < 1.29 is 9.53 Å². The minimum atomic E-state index is -0.269. The summed E-state index contributed by atoms with van der Waals surface area (Å²) in [4.78, 5) is 10.4. The highest BCUT2D eigenvalue weighted by atomic mass is 16.5. The van der Waals surface area contributed by atoms with Crippen molar-refractivity contribution in [2.75, 3.05) is 13.7 Å². The molecule has 2 nitrogen and oxygen atoms in total. The Kier molecular flexibility index (Phi) is 3.47. The fourth-order valence-corrected chi connectivity index (χ4v) is 0.549. The average molecular weight is 130 g/mol. The van der Waals surface area contributed by atoms with E-state index in [0.717, 1.165) is 12.7 Å². The molecule has 0 radical (unpaired) electrons. The van der Waals surface area contributed by atoms with E-state index in [9.17, 15) is 4.79 Å². The molecule has 2 heteroatoms. The lowest BCUT2D eigenvalue weighted by Gasteiger charge is -2.18. The Morgan fingerprint density at radius 1 is 1.67 bits per heavy atom. The second-order valence-electron chi connectivity index (χ2n) is 2.56. The first-order chi connectivity index (χ1) is 4.18. The molecular weight excluding hydrogens is 116 g/mol. The zero-order valence-electron chi connectivity index (χ0n) is 6.31. The molecule has 54 valence electrons. The van der Waals surface area contributed by atoms with Crippen molar-refractivity contribution in [2.45, 2.75) is 20.3 Å². The lowest BCUT2D eigenvalue weighted by molar-refractivity contribution is -0.118. The molecule has 0 saturated heterocycles. The first-order valence-electron chi connectivity index (χ1n) is 3.14. The van der Waals surface area contributed by atoms with Gasteiger partial charge in [-0.05, 0) is 6.42 Å². The fraction of sp³-hybridized carbons (Fsp3) is 0.857. The van der Waals surface area contributed by atoms with Gasteiger partial charge in [0.25, 0.3) is 0 Å². The maximum atomic E-state index is 10.4. The van der Waals surface area contributed by atoms with Crippen LogP contribution in [-0.2, 0) is 9.53 Å². The van der Waals surface area contributed by atoms with Gasteiger partial charge in [-0.2, -0.15) is 0 Å². The van der Waals surface area contributed by atoms with Crippen molar-refractivity contribution in [1.29, 1.82) is 0 Å². The van der Waals surface area contributed by atoms with Crippen LogP contribution in [0.15, 0.2) is 0 Å². The number of aldehydes is 1. The van der Waals surface area contributed by atoms with Crippen molar-refractivity contribution in [3.63, 3.8) is 0 Å². The Balaban J connectivity index is 3.76. The monoisotopic (exact) mass is 130 g/mol. The summed E-state index contributed by atoms with van der Waals surface area (Å²) < 4.78 is 4.86. The number of carbonyl (C=O) groups excluding carboxylic acids is 1. The minimum absolute atomic E-state index is 0.269. The van der Waals surface area contributed by atoms with Crippen LogP contribution >= 0.6 is 0 Å². The molecule has 0 aromatic carbocycles. The van der Waals surface area contributed by atoms with E-state index in [4.69, 9.17) is 4.74 Å². The van der Waals surface area contributed by atoms with E-state index in [1.165, 1.54) is 0 Å². The molecule has 0 rings (SSSR count). The van der Waals surface area contributed by atoms with Crippen molar-refractivity contribution in [3.8, 4) is 0 Å². The Bertz CT molecular complexity index is 90.9. The maximum Gasteiger partial charge on any atom is 0.128 e.